The van der Waals surface area contributed by atoms with E-state index in [0.29, 0.717) is 6.54 Å². The van der Waals surface area contributed by atoms with Crippen LogP contribution in [0.3, 0.4) is 0 Å². The molecule has 1 aromatic heterocycles. The summed E-state index contributed by atoms with van der Waals surface area (Å²) in [6.07, 6.45) is 9.38. The number of rotatable bonds is 6. The molecule has 1 heterocycles. The van der Waals surface area contributed by atoms with E-state index < -0.39 is 0 Å². The van der Waals surface area contributed by atoms with Crippen molar-refractivity contribution < 1.29 is 4.74 Å². The number of nitrogens with zero attached hydrogens (tertiary/aromatic N) is 1. The van der Waals surface area contributed by atoms with Crippen LogP contribution in [0.15, 0.2) is 6.20 Å². The normalized spacial score (nSPS) is 11.9. The summed E-state index contributed by atoms with van der Waals surface area (Å²) >= 11 is 0. The zero-order valence-corrected chi connectivity index (χ0v) is 11.7. The largest absolute Gasteiger partial charge is 0.496 e. The van der Waals surface area contributed by atoms with Crippen molar-refractivity contribution in [1.82, 2.24) is 10.3 Å². The molecule has 0 aliphatic rings. The first kappa shape index (κ1) is 14.5. The van der Waals surface area contributed by atoms with Gasteiger partial charge in [-0.2, -0.15) is 0 Å². The minimum Gasteiger partial charge on any atom is -0.496 e. The van der Waals surface area contributed by atoms with Crippen molar-refractivity contribution >= 4 is 0 Å². The van der Waals surface area contributed by atoms with Crippen LogP contribution < -0.4 is 10.1 Å². The monoisotopic (exact) mass is 246 g/mol. The van der Waals surface area contributed by atoms with Crippen molar-refractivity contribution in [2.75, 3.05) is 7.11 Å². The number of aromatic nitrogens is 1. The fraction of sp³-hybridized carbons (Fsp3) is 0.533. The fourth-order valence-corrected chi connectivity index (χ4v) is 2.00. The molecule has 0 bridgehead atoms. The van der Waals surface area contributed by atoms with Crippen molar-refractivity contribution in [2.24, 2.45) is 0 Å². The highest BCUT2D eigenvalue weighted by Crippen LogP contribution is 2.23. The van der Waals surface area contributed by atoms with Gasteiger partial charge < -0.3 is 4.74 Å². The molecule has 1 rings (SSSR count). The number of hydrogen-bond donors (Lipinski definition) is 1. The number of nitrogens with one attached hydrogen (secondary N) is 1. The third-order valence-corrected chi connectivity index (χ3v) is 3.04. The summed E-state index contributed by atoms with van der Waals surface area (Å²) in [6.45, 7) is 6.83. The predicted molar refractivity (Wildman–Crippen MR) is 74.6 cm³/mol. The van der Waals surface area contributed by atoms with Gasteiger partial charge in [0.1, 0.15) is 5.75 Å². The predicted octanol–water partition coefficient (Wildman–Crippen LogP) is 2.60. The molecule has 1 unspecified atom stereocenters. The summed E-state index contributed by atoms with van der Waals surface area (Å²) in [5, 5.41) is 3.34. The highest BCUT2D eigenvalue weighted by atomic mass is 16.5. The lowest BCUT2D eigenvalue weighted by Crippen LogP contribution is -2.27. The lowest BCUT2D eigenvalue weighted by molar-refractivity contribution is 0.406. The molecule has 0 amide bonds. The molecule has 3 nitrogen and oxygen atoms in total. The van der Waals surface area contributed by atoms with Gasteiger partial charge >= 0.3 is 0 Å². The summed E-state index contributed by atoms with van der Waals surface area (Å²) in [5.41, 5.74) is 3.13. The van der Waals surface area contributed by atoms with E-state index in [1.165, 1.54) is 0 Å². The zero-order valence-electron chi connectivity index (χ0n) is 11.7. The van der Waals surface area contributed by atoms with E-state index in [-0.39, 0.29) is 6.04 Å². The maximum absolute atomic E-state index is 5.48. The quantitative estimate of drug-likeness (QED) is 0.783. The maximum Gasteiger partial charge on any atom is 0.128 e. The SMILES string of the molecule is C#CC(CCC)NCc1ncc(C)c(OC)c1C. The van der Waals surface area contributed by atoms with E-state index in [9.17, 15) is 0 Å². The highest BCUT2D eigenvalue weighted by molar-refractivity contribution is 5.41. The van der Waals surface area contributed by atoms with Gasteiger partial charge in [-0.15, -0.1) is 6.42 Å². The number of ether oxygens (including phenoxy) is 1. The third kappa shape index (κ3) is 3.48. The van der Waals surface area contributed by atoms with Gasteiger partial charge in [0.2, 0.25) is 0 Å². The average Bonchev–Trinajstić information content (AvgIpc) is 2.37. The topological polar surface area (TPSA) is 34.2 Å². The van der Waals surface area contributed by atoms with Crippen molar-refractivity contribution in [1.29, 1.82) is 0 Å². The van der Waals surface area contributed by atoms with Crippen molar-refractivity contribution in [3.8, 4) is 18.1 Å². The van der Waals surface area contributed by atoms with Gasteiger partial charge in [-0.1, -0.05) is 19.3 Å². The minimum absolute atomic E-state index is 0.114. The zero-order chi connectivity index (χ0) is 13.5. The average molecular weight is 246 g/mol. The summed E-state index contributed by atoms with van der Waals surface area (Å²) < 4.78 is 5.39. The van der Waals surface area contributed by atoms with Crippen LogP contribution in [0.5, 0.6) is 5.75 Å². The van der Waals surface area contributed by atoms with Crippen LogP contribution >= 0.6 is 0 Å². The Morgan fingerprint density at radius 2 is 2.22 bits per heavy atom. The van der Waals surface area contributed by atoms with E-state index in [0.717, 1.165) is 35.4 Å². The summed E-state index contributed by atoms with van der Waals surface area (Å²) in [7, 11) is 1.69. The van der Waals surface area contributed by atoms with Crippen LogP contribution in [-0.2, 0) is 6.54 Å². The Morgan fingerprint density at radius 1 is 1.50 bits per heavy atom. The van der Waals surface area contributed by atoms with Crippen LogP contribution in [0.1, 0.15) is 36.6 Å². The first-order chi connectivity index (χ1) is 8.63. The molecule has 1 aromatic rings. The van der Waals surface area contributed by atoms with E-state index in [4.69, 9.17) is 11.2 Å². The number of aryl methyl sites for hydroxylation is 1. The van der Waals surface area contributed by atoms with E-state index in [2.05, 4.69) is 23.1 Å². The van der Waals surface area contributed by atoms with Gasteiger partial charge in [0.25, 0.3) is 0 Å². The molecule has 0 aliphatic heterocycles. The molecular weight excluding hydrogens is 224 g/mol. The molecule has 18 heavy (non-hydrogen) atoms. The van der Waals surface area contributed by atoms with E-state index in [1.54, 1.807) is 7.11 Å². The molecule has 0 saturated heterocycles. The fourth-order valence-electron chi connectivity index (χ4n) is 2.00. The third-order valence-electron chi connectivity index (χ3n) is 3.04. The first-order valence-corrected chi connectivity index (χ1v) is 6.32. The van der Waals surface area contributed by atoms with E-state index in [1.807, 2.05) is 20.0 Å². The Balaban J connectivity index is 2.77. The highest BCUT2D eigenvalue weighted by Gasteiger charge is 2.10. The van der Waals surface area contributed by atoms with Gasteiger partial charge in [-0.25, -0.2) is 0 Å². The molecule has 1 N–H and O–H groups in total. The smallest absolute Gasteiger partial charge is 0.128 e. The molecule has 0 aliphatic carbocycles. The molecule has 3 heteroatoms. The molecular formula is C15H22N2O. The summed E-state index contributed by atoms with van der Waals surface area (Å²) in [6, 6.07) is 0.114. The van der Waals surface area contributed by atoms with Gasteiger partial charge in [-0.3, -0.25) is 10.3 Å². The summed E-state index contributed by atoms with van der Waals surface area (Å²) in [4.78, 5) is 4.44. The molecule has 0 radical (unpaired) electrons. The standard InChI is InChI=1S/C15H22N2O/c1-6-8-13(7-2)16-10-14-12(4)15(18-5)11(3)9-17-14/h2,9,13,16H,6,8,10H2,1,3-5H3. The van der Waals surface area contributed by atoms with Crippen molar-refractivity contribution in [2.45, 2.75) is 46.2 Å². The summed E-state index contributed by atoms with van der Waals surface area (Å²) in [5.74, 6) is 3.67. The van der Waals surface area contributed by atoms with Gasteiger partial charge in [0, 0.05) is 23.9 Å². The molecule has 0 saturated carbocycles. The maximum atomic E-state index is 5.48. The Bertz CT molecular complexity index is 435. The Hall–Kier alpha value is -1.53. The van der Waals surface area contributed by atoms with Crippen molar-refractivity contribution in [3.63, 3.8) is 0 Å². The van der Waals surface area contributed by atoms with E-state index >= 15 is 0 Å². The Kier molecular flexibility index (Phi) is 5.67. The van der Waals surface area contributed by atoms with Gasteiger partial charge in [0.15, 0.2) is 0 Å². The second kappa shape index (κ2) is 7.03. The first-order valence-electron chi connectivity index (χ1n) is 6.32. The van der Waals surface area contributed by atoms with Gasteiger partial charge in [0.05, 0.1) is 18.8 Å². The molecule has 0 fully saturated rings. The lowest BCUT2D eigenvalue weighted by atomic mass is 10.1. The van der Waals surface area contributed by atoms with Gasteiger partial charge in [-0.05, 0) is 20.3 Å². The molecule has 0 spiro atoms. The molecule has 0 aromatic carbocycles. The minimum atomic E-state index is 0.114. The lowest BCUT2D eigenvalue weighted by Gasteiger charge is -2.15. The molecule has 1 atom stereocenters. The van der Waals surface area contributed by atoms with Crippen LogP contribution in [0, 0.1) is 26.2 Å². The van der Waals surface area contributed by atoms with Crippen LogP contribution in [-0.4, -0.2) is 18.1 Å². The Morgan fingerprint density at radius 3 is 2.78 bits per heavy atom. The second-order valence-electron chi connectivity index (χ2n) is 4.43. The van der Waals surface area contributed by atoms with Crippen LogP contribution in [0.2, 0.25) is 0 Å². The Labute approximate surface area is 110 Å². The number of pyridine rings is 1. The second-order valence-corrected chi connectivity index (χ2v) is 4.43. The van der Waals surface area contributed by atoms with Crippen molar-refractivity contribution in [3.05, 3.63) is 23.0 Å². The molecule has 98 valence electrons. The number of hydrogen-bond acceptors (Lipinski definition) is 3. The number of terminal acetylenes is 1. The van der Waals surface area contributed by atoms with Crippen LogP contribution in [0.25, 0.3) is 0 Å². The number of methoxy groups -OCH3 is 1. The van der Waals surface area contributed by atoms with Crippen LogP contribution in [0.4, 0.5) is 0 Å².